The highest BCUT2D eigenvalue weighted by Crippen LogP contribution is 2.21. The molecule has 2 nitrogen and oxygen atoms in total. The molecule has 0 amide bonds. The highest BCUT2D eigenvalue weighted by molar-refractivity contribution is 5.51. The van der Waals surface area contributed by atoms with Gasteiger partial charge in [0.15, 0.2) is 0 Å². The van der Waals surface area contributed by atoms with Crippen LogP contribution in [0.2, 0.25) is 0 Å². The molecular weight excluding hydrogens is 256 g/mol. The second-order valence-electron chi connectivity index (χ2n) is 5.70. The van der Waals surface area contributed by atoms with E-state index in [0.29, 0.717) is 0 Å². The molecule has 0 aliphatic carbocycles. The third-order valence-electron chi connectivity index (χ3n) is 4.00. The van der Waals surface area contributed by atoms with E-state index in [4.69, 9.17) is 11.5 Å². The summed E-state index contributed by atoms with van der Waals surface area (Å²) >= 11 is 0. The molecule has 2 rings (SSSR count). The Morgan fingerprint density at radius 3 is 1.95 bits per heavy atom. The van der Waals surface area contributed by atoms with Crippen LogP contribution in [0.4, 0.5) is 11.4 Å². The van der Waals surface area contributed by atoms with Gasteiger partial charge in [-0.25, -0.2) is 0 Å². The molecule has 0 radical (unpaired) electrons. The standard InChI is InChI=1S/C19H26N2/c1-3-5-6-17-13-15(8-10-19(17)21)11-14-7-9-18(20)16(4-2)12-14/h7-10,12-13H,3-6,11,20-21H2,1-2H3. The molecule has 0 bridgehead atoms. The van der Waals surface area contributed by atoms with Gasteiger partial charge in [0.2, 0.25) is 0 Å². The summed E-state index contributed by atoms with van der Waals surface area (Å²) in [6, 6.07) is 12.8. The molecule has 4 N–H and O–H groups in total. The van der Waals surface area contributed by atoms with Crippen molar-refractivity contribution >= 4 is 11.4 Å². The van der Waals surface area contributed by atoms with E-state index in [1.807, 2.05) is 12.1 Å². The van der Waals surface area contributed by atoms with Gasteiger partial charge in [0.1, 0.15) is 0 Å². The molecular formula is C19H26N2. The lowest BCUT2D eigenvalue weighted by atomic mass is 9.97. The van der Waals surface area contributed by atoms with Crippen molar-refractivity contribution in [3.05, 3.63) is 58.7 Å². The third-order valence-corrected chi connectivity index (χ3v) is 4.00. The maximum atomic E-state index is 6.07. The number of unbranched alkanes of at least 4 members (excludes halogenated alkanes) is 1. The van der Waals surface area contributed by atoms with Crippen LogP contribution in [0.25, 0.3) is 0 Å². The zero-order chi connectivity index (χ0) is 15.2. The van der Waals surface area contributed by atoms with Crippen LogP contribution in [-0.2, 0) is 19.3 Å². The van der Waals surface area contributed by atoms with E-state index in [9.17, 15) is 0 Å². The molecule has 2 heteroatoms. The van der Waals surface area contributed by atoms with Crippen molar-refractivity contribution in [2.75, 3.05) is 11.5 Å². The molecule has 0 saturated heterocycles. The summed E-state index contributed by atoms with van der Waals surface area (Å²) in [5.41, 5.74) is 19.0. The molecule has 0 spiro atoms. The fraction of sp³-hybridized carbons (Fsp3) is 0.368. The van der Waals surface area contributed by atoms with E-state index >= 15 is 0 Å². The summed E-state index contributed by atoms with van der Waals surface area (Å²) in [6.07, 6.45) is 5.37. The summed E-state index contributed by atoms with van der Waals surface area (Å²) in [6.45, 7) is 4.35. The Morgan fingerprint density at radius 1 is 0.810 bits per heavy atom. The number of anilines is 2. The molecule has 2 aromatic carbocycles. The predicted octanol–water partition coefficient (Wildman–Crippen LogP) is 4.35. The molecule has 0 aromatic heterocycles. The topological polar surface area (TPSA) is 52.0 Å². The highest BCUT2D eigenvalue weighted by atomic mass is 14.6. The van der Waals surface area contributed by atoms with Gasteiger partial charge in [-0.05, 0) is 60.1 Å². The van der Waals surface area contributed by atoms with Gasteiger partial charge in [0.25, 0.3) is 0 Å². The second kappa shape index (κ2) is 7.16. The Kier molecular flexibility index (Phi) is 5.26. The number of hydrogen-bond acceptors (Lipinski definition) is 2. The molecule has 0 fully saturated rings. The van der Waals surface area contributed by atoms with Crippen LogP contribution in [-0.4, -0.2) is 0 Å². The molecule has 112 valence electrons. The molecule has 0 unspecified atom stereocenters. The van der Waals surface area contributed by atoms with Crippen molar-refractivity contribution in [1.29, 1.82) is 0 Å². The van der Waals surface area contributed by atoms with Crippen LogP contribution in [0, 0.1) is 0 Å². The first-order chi connectivity index (χ1) is 10.1. The first kappa shape index (κ1) is 15.4. The van der Waals surface area contributed by atoms with E-state index in [1.165, 1.54) is 35.1 Å². The van der Waals surface area contributed by atoms with E-state index in [1.54, 1.807) is 0 Å². The zero-order valence-electron chi connectivity index (χ0n) is 13.2. The zero-order valence-corrected chi connectivity index (χ0v) is 13.2. The van der Waals surface area contributed by atoms with Gasteiger partial charge in [0.05, 0.1) is 0 Å². The summed E-state index contributed by atoms with van der Waals surface area (Å²) in [5, 5.41) is 0. The van der Waals surface area contributed by atoms with Gasteiger partial charge in [-0.15, -0.1) is 0 Å². The lowest BCUT2D eigenvalue weighted by Crippen LogP contribution is -1.99. The van der Waals surface area contributed by atoms with E-state index in [0.717, 1.165) is 30.6 Å². The molecule has 0 heterocycles. The minimum atomic E-state index is 0.891. The SMILES string of the molecule is CCCCc1cc(Cc2ccc(N)c(CC)c2)ccc1N. The summed E-state index contributed by atoms with van der Waals surface area (Å²) in [4.78, 5) is 0. The summed E-state index contributed by atoms with van der Waals surface area (Å²) < 4.78 is 0. The Bertz CT molecular complexity index is 603. The van der Waals surface area contributed by atoms with Crippen LogP contribution < -0.4 is 11.5 Å². The number of benzene rings is 2. The Morgan fingerprint density at radius 2 is 1.38 bits per heavy atom. The molecule has 0 aliphatic heterocycles. The Hall–Kier alpha value is -1.96. The maximum absolute atomic E-state index is 6.07. The van der Waals surface area contributed by atoms with Crippen molar-refractivity contribution in [3.8, 4) is 0 Å². The van der Waals surface area contributed by atoms with Gasteiger partial charge >= 0.3 is 0 Å². The van der Waals surface area contributed by atoms with Crippen LogP contribution in [0.15, 0.2) is 36.4 Å². The Balaban J connectivity index is 2.19. The quantitative estimate of drug-likeness (QED) is 0.774. The van der Waals surface area contributed by atoms with Crippen molar-refractivity contribution in [2.24, 2.45) is 0 Å². The first-order valence-corrected chi connectivity index (χ1v) is 7.88. The minimum Gasteiger partial charge on any atom is -0.399 e. The van der Waals surface area contributed by atoms with Crippen molar-refractivity contribution in [1.82, 2.24) is 0 Å². The summed E-state index contributed by atoms with van der Waals surface area (Å²) in [5.74, 6) is 0. The van der Waals surface area contributed by atoms with Crippen LogP contribution in [0.5, 0.6) is 0 Å². The highest BCUT2D eigenvalue weighted by Gasteiger charge is 2.04. The summed E-state index contributed by atoms with van der Waals surface area (Å²) in [7, 11) is 0. The van der Waals surface area contributed by atoms with Crippen LogP contribution in [0.3, 0.4) is 0 Å². The smallest absolute Gasteiger partial charge is 0.0346 e. The van der Waals surface area contributed by atoms with Gasteiger partial charge in [-0.1, -0.05) is 44.5 Å². The lowest BCUT2D eigenvalue weighted by Gasteiger charge is -2.10. The molecule has 2 aromatic rings. The number of rotatable bonds is 6. The van der Waals surface area contributed by atoms with Gasteiger partial charge in [-0.3, -0.25) is 0 Å². The van der Waals surface area contributed by atoms with Gasteiger partial charge in [0, 0.05) is 11.4 Å². The normalized spacial score (nSPS) is 10.8. The van der Waals surface area contributed by atoms with Crippen LogP contribution >= 0.6 is 0 Å². The van der Waals surface area contributed by atoms with Crippen molar-refractivity contribution < 1.29 is 0 Å². The molecule has 21 heavy (non-hydrogen) atoms. The van der Waals surface area contributed by atoms with E-state index in [2.05, 4.69) is 38.1 Å². The number of aryl methyl sites for hydroxylation is 2. The average Bonchev–Trinajstić information content (AvgIpc) is 2.49. The first-order valence-electron chi connectivity index (χ1n) is 7.88. The fourth-order valence-electron chi connectivity index (χ4n) is 2.66. The molecule has 0 aliphatic rings. The van der Waals surface area contributed by atoms with Crippen LogP contribution in [0.1, 0.15) is 48.9 Å². The minimum absolute atomic E-state index is 0.891. The number of nitrogens with two attached hydrogens (primary N) is 2. The lowest BCUT2D eigenvalue weighted by molar-refractivity contribution is 0.795. The number of nitrogen functional groups attached to an aromatic ring is 2. The average molecular weight is 282 g/mol. The monoisotopic (exact) mass is 282 g/mol. The molecule has 0 atom stereocenters. The van der Waals surface area contributed by atoms with Gasteiger partial charge < -0.3 is 11.5 Å². The van der Waals surface area contributed by atoms with E-state index < -0.39 is 0 Å². The fourth-order valence-corrected chi connectivity index (χ4v) is 2.66. The predicted molar refractivity (Wildman–Crippen MR) is 92.5 cm³/mol. The van der Waals surface area contributed by atoms with Crippen molar-refractivity contribution in [2.45, 2.75) is 46.0 Å². The third kappa shape index (κ3) is 4.01. The Labute approximate surface area is 128 Å². The number of hydrogen-bond donors (Lipinski definition) is 2. The maximum Gasteiger partial charge on any atom is 0.0346 e. The van der Waals surface area contributed by atoms with Crippen molar-refractivity contribution in [3.63, 3.8) is 0 Å². The largest absolute Gasteiger partial charge is 0.399 e. The molecule has 0 saturated carbocycles. The second-order valence-corrected chi connectivity index (χ2v) is 5.70. The van der Waals surface area contributed by atoms with Gasteiger partial charge in [-0.2, -0.15) is 0 Å². The van der Waals surface area contributed by atoms with E-state index in [-0.39, 0.29) is 0 Å².